The highest BCUT2D eigenvalue weighted by molar-refractivity contribution is 5.65. The molecule has 0 amide bonds. The van der Waals surface area contributed by atoms with Crippen LogP contribution in [0.1, 0.15) is 42.5 Å². The van der Waals surface area contributed by atoms with Crippen LogP contribution in [0.2, 0.25) is 0 Å². The molecule has 28 heavy (non-hydrogen) atoms. The zero-order valence-electron chi connectivity index (χ0n) is 16.4. The van der Waals surface area contributed by atoms with Crippen LogP contribution in [0.25, 0.3) is 11.1 Å². The molecule has 138 valence electrons. The number of rotatable bonds is 4. The lowest BCUT2D eigenvalue weighted by molar-refractivity contribution is 0.631. The summed E-state index contributed by atoms with van der Waals surface area (Å²) in [5, 5.41) is 0. The van der Waals surface area contributed by atoms with E-state index in [-0.39, 0.29) is 5.82 Å². The summed E-state index contributed by atoms with van der Waals surface area (Å²) in [5.41, 5.74) is 5.52. The first-order chi connectivity index (χ1) is 13.7. The number of hydrogen-bond donors (Lipinski definition) is 0. The molecular formula is C27H23F. The smallest absolute Gasteiger partial charge is 0.132 e. The van der Waals surface area contributed by atoms with Gasteiger partial charge in [0.05, 0.1) is 0 Å². The molecule has 0 aliphatic heterocycles. The Morgan fingerprint density at radius 3 is 2.07 bits per heavy atom. The van der Waals surface area contributed by atoms with Gasteiger partial charge in [0.1, 0.15) is 5.82 Å². The Kier molecular flexibility index (Phi) is 6.67. The summed E-state index contributed by atoms with van der Waals surface area (Å²) in [6.45, 7) is 3.99. The van der Waals surface area contributed by atoms with Crippen LogP contribution in [-0.2, 0) is 12.8 Å². The zero-order chi connectivity index (χ0) is 19.8. The van der Waals surface area contributed by atoms with Gasteiger partial charge >= 0.3 is 0 Å². The largest absolute Gasteiger partial charge is 0.206 e. The normalized spacial score (nSPS) is 9.82. The zero-order valence-corrected chi connectivity index (χ0v) is 16.4. The lowest BCUT2D eigenvalue weighted by atomic mass is 10.0. The lowest BCUT2D eigenvalue weighted by Crippen LogP contribution is -1.88. The molecule has 3 aromatic carbocycles. The number of benzene rings is 3. The second kappa shape index (κ2) is 9.59. The van der Waals surface area contributed by atoms with Gasteiger partial charge in [-0.15, -0.1) is 5.92 Å². The molecule has 0 nitrogen and oxygen atoms in total. The fourth-order valence-electron chi connectivity index (χ4n) is 3.01. The number of halogens is 1. The van der Waals surface area contributed by atoms with E-state index >= 15 is 0 Å². The molecular weight excluding hydrogens is 343 g/mol. The van der Waals surface area contributed by atoms with Crippen molar-refractivity contribution in [3.8, 4) is 34.8 Å². The van der Waals surface area contributed by atoms with Crippen LogP contribution in [0, 0.1) is 29.5 Å². The summed E-state index contributed by atoms with van der Waals surface area (Å²) < 4.78 is 14.6. The predicted octanol–water partition coefficient (Wildman–Crippen LogP) is 6.41. The lowest BCUT2D eigenvalue weighted by Gasteiger charge is -2.06. The van der Waals surface area contributed by atoms with Gasteiger partial charge in [0.15, 0.2) is 0 Å². The van der Waals surface area contributed by atoms with Gasteiger partial charge in [0.25, 0.3) is 0 Å². The van der Waals surface area contributed by atoms with Crippen molar-refractivity contribution in [2.24, 2.45) is 0 Å². The third-order valence-corrected chi connectivity index (χ3v) is 4.55. The molecule has 0 fully saturated rings. The minimum atomic E-state index is -0.247. The average molecular weight is 366 g/mol. The first-order valence-electron chi connectivity index (χ1n) is 9.59. The molecule has 0 N–H and O–H groups in total. The molecule has 0 aromatic heterocycles. The first kappa shape index (κ1) is 19.5. The highest BCUT2D eigenvalue weighted by Gasteiger charge is 2.05. The first-order valence-corrected chi connectivity index (χ1v) is 9.59. The summed E-state index contributed by atoms with van der Waals surface area (Å²) in [7, 11) is 0. The Hall–Kier alpha value is -3.29. The van der Waals surface area contributed by atoms with Crippen molar-refractivity contribution in [1.29, 1.82) is 0 Å². The highest BCUT2D eigenvalue weighted by atomic mass is 19.1. The van der Waals surface area contributed by atoms with Crippen molar-refractivity contribution in [2.45, 2.75) is 33.1 Å². The maximum Gasteiger partial charge on any atom is 0.132 e. The SMILES string of the molecule is CC#CCc1ccc(C#Cc2ccc(-c3ccc(CCC)cc3)c(F)c2)cc1. The Morgan fingerprint density at radius 1 is 0.786 bits per heavy atom. The molecule has 0 aliphatic rings. The quantitative estimate of drug-likeness (QED) is 0.468. The molecule has 0 heterocycles. The van der Waals surface area contributed by atoms with Gasteiger partial charge in [-0.25, -0.2) is 4.39 Å². The van der Waals surface area contributed by atoms with E-state index in [0.29, 0.717) is 11.1 Å². The average Bonchev–Trinajstić information content (AvgIpc) is 2.72. The van der Waals surface area contributed by atoms with E-state index in [4.69, 9.17) is 0 Å². The van der Waals surface area contributed by atoms with Crippen LogP contribution in [0.4, 0.5) is 4.39 Å². The summed E-state index contributed by atoms with van der Waals surface area (Å²) in [5.74, 6) is 11.8. The maximum absolute atomic E-state index is 14.6. The summed E-state index contributed by atoms with van der Waals surface area (Å²) in [6.07, 6.45) is 2.90. The number of hydrogen-bond acceptors (Lipinski definition) is 0. The van der Waals surface area contributed by atoms with Gasteiger partial charge in [0, 0.05) is 23.1 Å². The van der Waals surface area contributed by atoms with Crippen molar-refractivity contribution >= 4 is 0 Å². The van der Waals surface area contributed by atoms with Gasteiger partial charge in [-0.2, -0.15) is 0 Å². The van der Waals surface area contributed by atoms with E-state index in [0.717, 1.165) is 30.4 Å². The highest BCUT2D eigenvalue weighted by Crippen LogP contribution is 2.24. The maximum atomic E-state index is 14.6. The molecule has 0 aliphatic carbocycles. The van der Waals surface area contributed by atoms with E-state index < -0.39 is 0 Å². The minimum Gasteiger partial charge on any atom is -0.206 e. The molecule has 0 atom stereocenters. The van der Waals surface area contributed by atoms with Crippen molar-refractivity contribution in [1.82, 2.24) is 0 Å². The van der Waals surface area contributed by atoms with Crippen LogP contribution in [0.15, 0.2) is 66.7 Å². The standard InChI is InChI=1S/C27H23F/c1-3-5-7-22-8-10-23(11-9-22)12-13-24-16-19-26(27(28)20-24)25-17-14-21(6-4-2)15-18-25/h8-11,14-20H,4,6-7H2,1-2H3. The topological polar surface area (TPSA) is 0 Å². The summed E-state index contributed by atoms with van der Waals surface area (Å²) in [6, 6.07) is 21.3. The van der Waals surface area contributed by atoms with Gasteiger partial charge in [-0.3, -0.25) is 0 Å². The van der Waals surface area contributed by atoms with Crippen LogP contribution in [0.5, 0.6) is 0 Å². The van der Waals surface area contributed by atoms with Gasteiger partial charge in [-0.05, 0) is 54.3 Å². The molecule has 3 aromatic rings. The van der Waals surface area contributed by atoms with Crippen LogP contribution >= 0.6 is 0 Å². The Balaban J connectivity index is 1.75. The summed E-state index contributed by atoms with van der Waals surface area (Å²) in [4.78, 5) is 0. The van der Waals surface area contributed by atoms with E-state index in [1.807, 2.05) is 49.4 Å². The van der Waals surface area contributed by atoms with E-state index in [1.54, 1.807) is 6.07 Å². The van der Waals surface area contributed by atoms with Crippen molar-refractivity contribution in [3.63, 3.8) is 0 Å². The van der Waals surface area contributed by atoms with Crippen molar-refractivity contribution in [3.05, 3.63) is 94.8 Å². The fraction of sp³-hybridized carbons (Fsp3) is 0.185. The van der Waals surface area contributed by atoms with Crippen LogP contribution in [-0.4, -0.2) is 0 Å². The molecule has 1 heteroatoms. The van der Waals surface area contributed by atoms with Gasteiger partial charge in [-0.1, -0.05) is 73.6 Å². The van der Waals surface area contributed by atoms with E-state index in [1.165, 1.54) is 17.2 Å². The third kappa shape index (κ3) is 5.12. The van der Waals surface area contributed by atoms with E-state index in [2.05, 4.69) is 42.7 Å². The third-order valence-electron chi connectivity index (χ3n) is 4.55. The molecule has 0 bridgehead atoms. The van der Waals surface area contributed by atoms with Crippen LogP contribution in [0.3, 0.4) is 0 Å². The minimum absolute atomic E-state index is 0.247. The molecule has 0 unspecified atom stereocenters. The monoisotopic (exact) mass is 366 g/mol. The number of aryl methyl sites for hydroxylation is 1. The Morgan fingerprint density at radius 2 is 1.43 bits per heavy atom. The Labute approximate surface area is 167 Å². The molecule has 0 spiro atoms. The van der Waals surface area contributed by atoms with Crippen molar-refractivity contribution in [2.75, 3.05) is 0 Å². The van der Waals surface area contributed by atoms with E-state index in [9.17, 15) is 4.39 Å². The van der Waals surface area contributed by atoms with Gasteiger partial charge < -0.3 is 0 Å². The fourth-order valence-corrected chi connectivity index (χ4v) is 3.01. The molecule has 0 radical (unpaired) electrons. The second-order valence-electron chi connectivity index (χ2n) is 6.69. The Bertz CT molecular complexity index is 1050. The molecule has 0 saturated heterocycles. The summed E-state index contributed by atoms with van der Waals surface area (Å²) >= 11 is 0. The van der Waals surface area contributed by atoms with Gasteiger partial charge in [0.2, 0.25) is 0 Å². The molecule has 3 rings (SSSR count). The van der Waals surface area contributed by atoms with Crippen LogP contribution < -0.4 is 0 Å². The predicted molar refractivity (Wildman–Crippen MR) is 115 cm³/mol. The molecule has 0 saturated carbocycles. The second-order valence-corrected chi connectivity index (χ2v) is 6.69. The van der Waals surface area contributed by atoms with Crippen molar-refractivity contribution < 1.29 is 4.39 Å².